The van der Waals surface area contributed by atoms with Gasteiger partial charge in [0.1, 0.15) is 0 Å². The molecule has 0 unspecified atom stereocenters. The fraction of sp³-hybridized carbons (Fsp3) is 0.812. The molecule has 2 aliphatic rings. The highest BCUT2D eigenvalue weighted by Gasteiger charge is 2.41. The van der Waals surface area contributed by atoms with E-state index in [0.717, 1.165) is 19.3 Å². The van der Waals surface area contributed by atoms with Crippen LogP contribution in [-0.4, -0.2) is 35.7 Å². The zero-order chi connectivity index (χ0) is 15.2. The Labute approximate surface area is 125 Å². The molecule has 1 saturated carbocycles. The molecule has 120 valence electrons. The number of carbonyl (C=O) groups is 1. The van der Waals surface area contributed by atoms with E-state index in [4.69, 9.17) is 14.6 Å². The Balaban J connectivity index is 2.22. The highest BCUT2D eigenvalue weighted by Crippen LogP contribution is 2.43. The Morgan fingerprint density at radius 3 is 2.71 bits per heavy atom. The standard InChI is InChI=1S/C16H26O5/c1-2-20-16-12(8-5-9-17)13(11-6-3-4-7-11)10-14(21-16)15(18)19/h10-13,16-17H,2-9H2,1H3,(H,18,19)/t12-,13+,16+/m0/s1. The predicted octanol–water partition coefficient (Wildman–Crippen LogP) is 2.54. The molecule has 1 heterocycles. The zero-order valence-electron chi connectivity index (χ0n) is 12.7. The fourth-order valence-corrected chi connectivity index (χ4v) is 3.66. The smallest absolute Gasteiger partial charge is 0.370 e. The quantitative estimate of drug-likeness (QED) is 0.755. The Morgan fingerprint density at radius 2 is 2.14 bits per heavy atom. The molecule has 5 heteroatoms. The number of aliphatic hydroxyl groups is 1. The second-order valence-corrected chi connectivity index (χ2v) is 5.93. The van der Waals surface area contributed by atoms with Gasteiger partial charge in [0.2, 0.25) is 12.0 Å². The van der Waals surface area contributed by atoms with Crippen LogP contribution in [0.25, 0.3) is 0 Å². The van der Waals surface area contributed by atoms with E-state index >= 15 is 0 Å². The second kappa shape index (κ2) is 7.80. The molecule has 0 radical (unpaired) electrons. The summed E-state index contributed by atoms with van der Waals surface area (Å²) < 4.78 is 11.2. The van der Waals surface area contributed by atoms with E-state index in [1.807, 2.05) is 6.92 Å². The summed E-state index contributed by atoms with van der Waals surface area (Å²) in [4.78, 5) is 11.3. The maximum Gasteiger partial charge on any atom is 0.370 e. The Hall–Kier alpha value is -1.07. The van der Waals surface area contributed by atoms with E-state index in [1.165, 1.54) is 12.8 Å². The number of rotatable bonds is 7. The van der Waals surface area contributed by atoms with Gasteiger partial charge in [-0.2, -0.15) is 0 Å². The molecule has 0 aromatic heterocycles. The van der Waals surface area contributed by atoms with Crippen molar-refractivity contribution in [3.63, 3.8) is 0 Å². The zero-order valence-corrected chi connectivity index (χ0v) is 12.7. The minimum Gasteiger partial charge on any atom is -0.475 e. The van der Waals surface area contributed by atoms with Gasteiger partial charge in [-0.1, -0.05) is 12.8 Å². The first-order valence-corrected chi connectivity index (χ1v) is 8.01. The minimum atomic E-state index is -1.02. The highest BCUT2D eigenvalue weighted by molar-refractivity contribution is 5.84. The normalized spacial score (nSPS) is 30.0. The van der Waals surface area contributed by atoms with E-state index in [2.05, 4.69) is 0 Å². The number of aliphatic carboxylic acids is 1. The largest absolute Gasteiger partial charge is 0.475 e. The lowest BCUT2D eigenvalue weighted by atomic mass is 9.76. The van der Waals surface area contributed by atoms with Crippen molar-refractivity contribution >= 4 is 5.97 Å². The molecule has 0 spiro atoms. The monoisotopic (exact) mass is 298 g/mol. The lowest BCUT2D eigenvalue weighted by Crippen LogP contribution is -2.39. The first-order chi connectivity index (χ1) is 10.2. The van der Waals surface area contributed by atoms with Crippen molar-refractivity contribution in [1.82, 2.24) is 0 Å². The SMILES string of the molecule is CCO[C@@H]1OC(C(=O)O)=C[C@H](C2CCCC2)[C@@H]1CCCO. The molecule has 5 nitrogen and oxygen atoms in total. The van der Waals surface area contributed by atoms with Crippen LogP contribution in [0.2, 0.25) is 0 Å². The van der Waals surface area contributed by atoms with Crippen LogP contribution in [0.4, 0.5) is 0 Å². The van der Waals surface area contributed by atoms with Crippen molar-refractivity contribution < 1.29 is 24.5 Å². The summed E-state index contributed by atoms with van der Waals surface area (Å²) in [5.41, 5.74) is 0. The van der Waals surface area contributed by atoms with Crippen LogP contribution in [0.1, 0.15) is 45.4 Å². The topological polar surface area (TPSA) is 76.0 Å². The van der Waals surface area contributed by atoms with Gasteiger partial charge >= 0.3 is 5.97 Å². The number of carboxylic acids is 1. The van der Waals surface area contributed by atoms with Crippen LogP contribution in [0.15, 0.2) is 11.8 Å². The van der Waals surface area contributed by atoms with Crippen molar-refractivity contribution in [2.75, 3.05) is 13.2 Å². The van der Waals surface area contributed by atoms with Crippen molar-refractivity contribution in [3.05, 3.63) is 11.8 Å². The van der Waals surface area contributed by atoms with Crippen LogP contribution in [0, 0.1) is 17.8 Å². The van der Waals surface area contributed by atoms with Crippen molar-refractivity contribution in [3.8, 4) is 0 Å². The molecule has 1 aliphatic heterocycles. The van der Waals surface area contributed by atoms with Gasteiger partial charge in [-0.15, -0.1) is 0 Å². The average molecular weight is 298 g/mol. The molecule has 2 N–H and O–H groups in total. The van der Waals surface area contributed by atoms with Crippen LogP contribution < -0.4 is 0 Å². The maximum atomic E-state index is 11.3. The van der Waals surface area contributed by atoms with Gasteiger partial charge in [0.15, 0.2) is 0 Å². The molecular weight excluding hydrogens is 272 g/mol. The molecule has 3 atom stereocenters. The predicted molar refractivity (Wildman–Crippen MR) is 77.5 cm³/mol. The molecule has 1 fully saturated rings. The highest BCUT2D eigenvalue weighted by atomic mass is 16.7. The summed E-state index contributed by atoms with van der Waals surface area (Å²) in [5, 5.41) is 18.4. The number of aliphatic hydroxyl groups excluding tert-OH is 1. The Bertz CT molecular complexity index is 373. The fourth-order valence-electron chi connectivity index (χ4n) is 3.66. The summed E-state index contributed by atoms with van der Waals surface area (Å²) in [6.07, 6.45) is 7.47. The molecule has 0 aromatic rings. The van der Waals surface area contributed by atoms with Gasteiger partial charge in [0.25, 0.3) is 0 Å². The summed E-state index contributed by atoms with van der Waals surface area (Å²) >= 11 is 0. The van der Waals surface area contributed by atoms with E-state index < -0.39 is 12.3 Å². The van der Waals surface area contributed by atoms with Crippen LogP contribution in [0.3, 0.4) is 0 Å². The second-order valence-electron chi connectivity index (χ2n) is 5.93. The number of ether oxygens (including phenoxy) is 2. The maximum absolute atomic E-state index is 11.3. The van der Waals surface area contributed by atoms with E-state index in [0.29, 0.717) is 18.9 Å². The molecule has 0 bridgehead atoms. The molecule has 0 amide bonds. The van der Waals surface area contributed by atoms with Gasteiger partial charge in [-0.3, -0.25) is 0 Å². The molecule has 1 aliphatic carbocycles. The minimum absolute atomic E-state index is 0.0191. The number of carboxylic acid groups (broad SMARTS) is 1. The molecule has 2 rings (SSSR count). The summed E-state index contributed by atoms with van der Waals surface area (Å²) in [5.74, 6) is -0.192. The van der Waals surface area contributed by atoms with E-state index in [-0.39, 0.29) is 24.2 Å². The first kappa shape index (κ1) is 16.3. The third-order valence-corrected chi connectivity index (χ3v) is 4.61. The Morgan fingerprint density at radius 1 is 1.43 bits per heavy atom. The number of hydrogen-bond donors (Lipinski definition) is 2. The van der Waals surface area contributed by atoms with Crippen molar-refractivity contribution in [2.24, 2.45) is 17.8 Å². The number of hydrogen-bond acceptors (Lipinski definition) is 4. The first-order valence-electron chi connectivity index (χ1n) is 8.01. The third-order valence-electron chi connectivity index (χ3n) is 4.61. The van der Waals surface area contributed by atoms with Gasteiger partial charge in [-0.25, -0.2) is 4.79 Å². The molecule has 21 heavy (non-hydrogen) atoms. The molecule has 0 aromatic carbocycles. The lowest BCUT2D eigenvalue weighted by molar-refractivity contribution is -0.181. The molecular formula is C16H26O5. The third kappa shape index (κ3) is 3.98. The Kier molecular flexibility index (Phi) is 6.06. The van der Waals surface area contributed by atoms with E-state index in [9.17, 15) is 9.90 Å². The summed E-state index contributed by atoms with van der Waals surface area (Å²) in [7, 11) is 0. The van der Waals surface area contributed by atoms with Gasteiger partial charge in [-0.05, 0) is 50.5 Å². The average Bonchev–Trinajstić information content (AvgIpc) is 2.99. The summed E-state index contributed by atoms with van der Waals surface area (Å²) in [6, 6.07) is 0. The van der Waals surface area contributed by atoms with Gasteiger partial charge in [0.05, 0.1) is 0 Å². The van der Waals surface area contributed by atoms with Crippen LogP contribution >= 0.6 is 0 Å². The summed E-state index contributed by atoms with van der Waals surface area (Å²) in [6.45, 7) is 2.52. The number of allylic oxidation sites excluding steroid dienone is 1. The van der Waals surface area contributed by atoms with Crippen molar-refractivity contribution in [1.29, 1.82) is 0 Å². The van der Waals surface area contributed by atoms with Gasteiger partial charge in [0, 0.05) is 19.1 Å². The van der Waals surface area contributed by atoms with Gasteiger partial charge < -0.3 is 19.7 Å². The van der Waals surface area contributed by atoms with Crippen LogP contribution in [0.5, 0.6) is 0 Å². The van der Waals surface area contributed by atoms with Crippen LogP contribution in [-0.2, 0) is 14.3 Å². The lowest BCUT2D eigenvalue weighted by Gasteiger charge is -2.38. The van der Waals surface area contributed by atoms with Crippen molar-refractivity contribution in [2.45, 2.75) is 51.7 Å². The van der Waals surface area contributed by atoms with E-state index in [1.54, 1.807) is 6.08 Å². The molecule has 0 saturated heterocycles.